The number of aryl methyl sites for hydroxylation is 1. The molecule has 1 unspecified atom stereocenters. The summed E-state index contributed by atoms with van der Waals surface area (Å²) in [7, 11) is 0. The fourth-order valence-electron chi connectivity index (χ4n) is 2.26. The van der Waals surface area contributed by atoms with Gasteiger partial charge < -0.3 is 5.11 Å². The third kappa shape index (κ3) is 1.36. The second-order valence-electron chi connectivity index (χ2n) is 4.40. The minimum Gasteiger partial charge on any atom is -0.387 e. The van der Waals surface area contributed by atoms with E-state index in [1.54, 1.807) is 0 Å². The van der Waals surface area contributed by atoms with Gasteiger partial charge in [0.2, 0.25) is 0 Å². The van der Waals surface area contributed by atoms with Crippen molar-refractivity contribution in [3.8, 4) is 0 Å². The monoisotopic (exact) mass is 194 g/mol. The minimum absolute atomic E-state index is 0.303. The molecular weight excluding hydrogens is 176 g/mol. The number of rotatable bonds is 1. The maximum absolute atomic E-state index is 9.94. The first-order valence-corrected chi connectivity index (χ1v) is 5.37. The molecule has 1 aromatic heterocycles. The fourth-order valence-corrected chi connectivity index (χ4v) is 2.26. The zero-order valence-electron chi connectivity index (χ0n) is 9.12. The number of hydrogen-bond acceptors (Lipinski definition) is 2. The summed E-state index contributed by atoms with van der Waals surface area (Å²) in [6, 6.07) is 0.338. The molecule has 0 aromatic carbocycles. The Balaban J connectivity index is 2.53. The van der Waals surface area contributed by atoms with Crippen molar-refractivity contribution in [3.63, 3.8) is 0 Å². The molecule has 1 aromatic rings. The van der Waals surface area contributed by atoms with E-state index in [4.69, 9.17) is 0 Å². The molecule has 0 aliphatic heterocycles. The molecule has 0 saturated carbocycles. The molecule has 78 valence electrons. The predicted octanol–water partition coefficient (Wildman–Crippen LogP) is 2.14. The summed E-state index contributed by atoms with van der Waals surface area (Å²) in [6.45, 7) is 6.25. The van der Waals surface area contributed by atoms with Gasteiger partial charge in [-0.05, 0) is 45.6 Å². The maximum atomic E-state index is 9.94. The van der Waals surface area contributed by atoms with E-state index in [1.807, 2.05) is 11.6 Å². The van der Waals surface area contributed by atoms with E-state index in [2.05, 4.69) is 18.9 Å². The molecule has 1 aliphatic carbocycles. The van der Waals surface area contributed by atoms with E-state index in [0.717, 1.165) is 30.7 Å². The molecule has 0 saturated heterocycles. The van der Waals surface area contributed by atoms with Crippen LogP contribution >= 0.6 is 0 Å². The van der Waals surface area contributed by atoms with E-state index in [-0.39, 0.29) is 6.10 Å². The van der Waals surface area contributed by atoms with Gasteiger partial charge in [0, 0.05) is 6.04 Å². The molecule has 2 rings (SSSR count). The fraction of sp³-hybridized carbons (Fsp3) is 0.727. The highest BCUT2D eigenvalue weighted by molar-refractivity contribution is 5.29. The average Bonchev–Trinajstić information content (AvgIpc) is 2.46. The normalized spacial score (nSPS) is 21.4. The maximum Gasteiger partial charge on any atom is 0.0959 e. The van der Waals surface area contributed by atoms with Crippen LogP contribution in [0.1, 0.15) is 55.8 Å². The number of aromatic nitrogens is 2. The van der Waals surface area contributed by atoms with E-state index >= 15 is 0 Å². The van der Waals surface area contributed by atoms with Crippen LogP contribution in [0.2, 0.25) is 0 Å². The Labute approximate surface area is 84.7 Å². The molecular formula is C11H18N2O. The van der Waals surface area contributed by atoms with Crippen molar-refractivity contribution in [1.82, 2.24) is 9.78 Å². The van der Waals surface area contributed by atoms with Gasteiger partial charge >= 0.3 is 0 Å². The van der Waals surface area contributed by atoms with Gasteiger partial charge in [-0.15, -0.1) is 0 Å². The Morgan fingerprint density at radius 1 is 1.50 bits per heavy atom. The van der Waals surface area contributed by atoms with Crippen molar-refractivity contribution in [2.75, 3.05) is 0 Å². The average molecular weight is 194 g/mol. The lowest BCUT2D eigenvalue weighted by Crippen LogP contribution is -2.15. The van der Waals surface area contributed by atoms with Crippen LogP contribution in [0.3, 0.4) is 0 Å². The third-order valence-corrected chi connectivity index (χ3v) is 2.96. The minimum atomic E-state index is -0.303. The van der Waals surface area contributed by atoms with Crippen molar-refractivity contribution >= 4 is 0 Å². The van der Waals surface area contributed by atoms with Crippen molar-refractivity contribution in [2.45, 2.75) is 52.2 Å². The lowest BCUT2D eigenvalue weighted by molar-refractivity contribution is 0.143. The molecule has 1 N–H and O–H groups in total. The van der Waals surface area contributed by atoms with Gasteiger partial charge in [0.05, 0.1) is 17.5 Å². The summed E-state index contributed by atoms with van der Waals surface area (Å²) >= 11 is 0. The van der Waals surface area contributed by atoms with Crippen LogP contribution in [-0.4, -0.2) is 14.9 Å². The van der Waals surface area contributed by atoms with Crippen LogP contribution in [-0.2, 0) is 6.42 Å². The van der Waals surface area contributed by atoms with Gasteiger partial charge in [-0.2, -0.15) is 5.10 Å². The van der Waals surface area contributed by atoms with Crippen LogP contribution in [0.4, 0.5) is 0 Å². The topological polar surface area (TPSA) is 38.0 Å². The van der Waals surface area contributed by atoms with Crippen molar-refractivity contribution < 1.29 is 5.11 Å². The summed E-state index contributed by atoms with van der Waals surface area (Å²) in [4.78, 5) is 0. The molecule has 0 amide bonds. The largest absolute Gasteiger partial charge is 0.387 e. The van der Waals surface area contributed by atoms with Gasteiger partial charge in [0.15, 0.2) is 0 Å². The Morgan fingerprint density at radius 2 is 2.21 bits per heavy atom. The summed E-state index contributed by atoms with van der Waals surface area (Å²) in [5, 5.41) is 14.4. The van der Waals surface area contributed by atoms with E-state index in [1.165, 1.54) is 5.56 Å². The van der Waals surface area contributed by atoms with Gasteiger partial charge in [0.25, 0.3) is 0 Å². The Bertz CT molecular complexity index is 341. The second-order valence-corrected chi connectivity index (χ2v) is 4.40. The SMILES string of the molecule is Cc1nn(C(C)C)c2c1CCCC2O. The highest BCUT2D eigenvalue weighted by Gasteiger charge is 2.26. The van der Waals surface area contributed by atoms with Crippen LogP contribution in [0.15, 0.2) is 0 Å². The first-order valence-electron chi connectivity index (χ1n) is 5.37. The van der Waals surface area contributed by atoms with Gasteiger partial charge in [-0.3, -0.25) is 4.68 Å². The molecule has 0 spiro atoms. The van der Waals surface area contributed by atoms with E-state index in [9.17, 15) is 5.11 Å². The van der Waals surface area contributed by atoms with Gasteiger partial charge in [0.1, 0.15) is 0 Å². The number of aliphatic hydroxyl groups excluding tert-OH is 1. The van der Waals surface area contributed by atoms with Gasteiger partial charge in [-0.25, -0.2) is 0 Å². The zero-order valence-corrected chi connectivity index (χ0v) is 9.12. The molecule has 14 heavy (non-hydrogen) atoms. The highest BCUT2D eigenvalue weighted by Crippen LogP contribution is 2.32. The number of aliphatic hydroxyl groups is 1. The second kappa shape index (κ2) is 3.39. The lowest BCUT2D eigenvalue weighted by Gasteiger charge is -2.21. The lowest BCUT2D eigenvalue weighted by atomic mass is 9.93. The summed E-state index contributed by atoms with van der Waals surface area (Å²) in [5.41, 5.74) is 3.42. The van der Waals surface area contributed by atoms with Crippen molar-refractivity contribution in [2.24, 2.45) is 0 Å². The molecule has 3 nitrogen and oxygen atoms in total. The Hall–Kier alpha value is -0.830. The first-order chi connectivity index (χ1) is 6.61. The molecule has 1 atom stereocenters. The first kappa shape index (κ1) is 9.71. The highest BCUT2D eigenvalue weighted by atomic mass is 16.3. The molecule has 3 heteroatoms. The number of nitrogens with zero attached hydrogens (tertiary/aromatic N) is 2. The van der Waals surface area contributed by atoms with Crippen LogP contribution in [0, 0.1) is 6.92 Å². The zero-order chi connectivity index (χ0) is 10.3. The smallest absolute Gasteiger partial charge is 0.0959 e. The summed E-state index contributed by atoms with van der Waals surface area (Å²) in [6.07, 6.45) is 2.73. The molecule has 0 radical (unpaired) electrons. The molecule has 1 heterocycles. The summed E-state index contributed by atoms with van der Waals surface area (Å²) in [5.74, 6) is 0. The van der Waals surface area contributed by atoms with Crippen LogP contribution in [0.5, 0.6) is 0 Å². The van der Waals surface area contributed by atoms with Crippen molar-refractivity contribution in [1.29, 1.82) is 0 Å². The Kier molecular flexibility index (Phi) is 2.35. The predicted molar refractivity (Wildman–Crippen MR) is 55.2 cm³/mol. The van der Waals surface area contributed by atoms with E-state index in [0.29, 0.717) is 6.04 Å². The van der Waals surface area contributed by atoms with E-state index < -0.39 is 0 Å². The van der Waals surface area contributed by atoms with Crippen LogP contribution in [0.25, 0.3) is 0 Å². The third-order valence-electron chi connectivity index (χ3n) is 2.96. The van der Waals surface area contributed by atoms with Gasteiger partial charge in [-0.1, -0.05) is 0 Å². The molecule has 0 bridgehead atoms. The molecule has 1 aliphatic rings. The Morgan fingerprint density at radius 3 is 2.86 bits per heavy atom. The molecule has 0 fully saturated rings. The number of fused-ring (bicyclic) bond motifs is 1. The van der Waals surface area contributed by atoms with Crippen LogP contribution < -0.4 is 0 Å². The summed E-state index contributed by atoms with van der Waals surface area (Å²) < 4.78 is 1.98. The van der Waals surface area contributed by atoms with Crippen molar-refractivity contribution in [3.05, 3.63) is 17.0 Å². The standard InChI is InChI=1S/C11H18N2O/c1-7(2)13-11-9(8(3)12-13)5-4-6-10(11)14/h7,10,14H,4-6H2,1-3H3. The number of hydrogen-bond donors (Lipinski definition) is 1. The quantitative estimate of drug-likeness (QED) is 0.743.